The SMILES string of the molecule is O=C(NCc1ccco1)c1ccc(-n2c(-c3ccc(F)cc3)cc3c2CCCCC3)cc1. The number of benzene rings is 2. The summed E-state index contributed by atoms with van der Waals surface area (Å²) < 4.78 is 21.1. The van der Waals surface area contributed by atoms with Gasteiger partial charge in [0, 0.05) is 16.9 Å². The first-order chi connectivity index (χ1) is 15.7. The molecule has 0 radical (unpaired) electrons. The molecular formula is C27H25FN2O2. The molecule has 0 fully saturated rings. The van der Waals surface area contributed by atoms with Crippen molar-refractivity contribution >= 4 is 5.91 Å². The van der Waals surface area contributed by atoms with Crippen LogP contribution in [0.15, 0.2) is 77.4 Å². The number of aromatic nitrogens is 1. The van der Waals surface area contributed by atoms with Crippen molar-refractivity contribution in [2.45, 2.75) is 38.6 Å². The molecule has 1 amide bonds. The Balaban J connectivity index is 1.47. The highest BCUT2D eigenvalue weighted by Gasteiger charge is 2.19. The third-order valence-corrected chi connectivity index (χ3v) is 6.08. The third kappa shape index (κ3) is 4.11. The van der Waals surface area contributed by atoms with E-state index in [2.05, 4.69) is 16.0 Å². The fraction of sp³-hybridized carbons (Fsp3) is 0.222. The summed E-state index contributed by atoms with van der Waals surface area (Å²) in [4.78, 5) is 12.5. The lowest BCUT2D eigenvalue weighted by Crippen LogP contribution is -2.22. The molecule has 1 aliphatic rings. The predicted octanol–water partition coefficient (Wildman–Crippen LogP) is 6.08. The lowest BCUT2D eigenvalue weighted by Gasteiger charge is -2.15. The van der Waals surface area contributed by atoms with Crippen LogP contribution in [0, 0.1) is 5.82 Å². The molecule has 2 aromatic carbocycles. The predicted molar refractivity (Wildman–Crippen MR) is 122 cm³/mol. The lowest BCUT2D eigenvalue weighted by atomic mass is 10.1. The standard InChI is InChI=1S/C27H25FN2O2/c28-22-12-8-19(9-13-22)26-17-21-5-2-1-3-7-25(21)30(26)23-14-10-20(11-15-23)27(31)29-18-24-6-4-16-32-24/h4,6,8-17H,1-3,5,7,18H2,(H,29,31). The van der Waals surface area contributed by atoms with Gasteiger partial charge in [-0.1, -0.05) is 6.42 Å². The van der Waals surface area contributed by atoms with Crippen LogP contribution in [0.3, 0.4) is 0 Å². The number of hydrogen-bond acceptors (Lipinski definition) is 2. The van der Waals surface area contributed by atoms with Crippen LogP contribution >= 0.6 is 0 Å². The van der Waals surface area contributed by atoms with Crippen LogP contribution < -0.4 is 5.32 Å². The first kappa shape index (κ1) is 20.3. The van der Waals surface area contributed by atoms with E-state index in [1.807, 2.05) is 42.5 Å². The van der Waals surface area contributed by atoms with E-state index < -0.39 is 0 Å². The second-order valence-electron chi connectivity index (χ2n) is 8.21. The maximum absolute atomic E-state index is 13.5. The van der Waals surface area contributed by atoms with Gasteiger partial charge in [0.05, 0.1) is 18.5 Å². The summed E-state index contributed by atoms with van der Waals surface area (Å²) in [5.74, 6) is 0.338. The van der Waals surface area contributed by atoms with E-state index in [0.717, 1.165) is 36.2 Å². The molecule has 1 aliphatic carbocycles. The zero-order valence-corrected chi connectivity index (χ0v) is 17.8. The fourth-order valence-corrected chi connectivity index (χ4v) is 4.45. The number of nitrogens with zero attached hydrogens (tertiary/aromatic N) is 1. The average Bonchev–Trinajstić information content (AvgIpc) is 3.40. The fourth-order valence-electron chi connectivity index (χ4n) is 4.45. The molecule has 4 nitrogen and oxygen atoms in total. The number of halogens is 1. The first-order valence-corrected chi connectivity index (χ1v) is 11.1. The van der Waals surface area contributed by atoms with Gasteiger partial charge in [-0.2, -0.15) is 0 Å². The van der Waals surface area contributed by atoms with E-state index >= 15 is 0 Å². The van der Waals surface area contributed by atoms with E-state index in [9.17, 15) is 9.18 Å². The number of aryl methyl sites for hydroxylation is 1. The smallest absolute Gasteiger partial charge is 0.251 e. The molecular weight excluding hydrogens is 403 g/mol. The lowest BCUT2D eigenvalue weighted by molar-refractivity contribution is 0.0948. The highest BCUT2D eigenvalue weighted by molar-refractivity contribution is 5.94. The number of amides is 1. The van der Waals surface area contributed by atoms with Crippen LogP contribution in [-0.2, 0) is 19.4 Å². The average molecular weight is 429 g/mol. The molecule has 0 saturated heterocycles. The number of hydrogen-bond donors (Lipinski definition) is 1. The molecule has 0 bridgehead atoms. The van der Waals surface area contributed by atoms with Gasteiger partial charge in [-0.3, -0.25) is 4.79 Å². The van der Waals surface area contributed by atoms with Crippen molar-refractivity contribution in [1.29, 1.82) is 0 Å². The van der Waals surface area contributed by atoms with E-state index in [4.69, 9.17) is 4.42 Å². The van der Waals surface area contributed by atoms with Crippen molar-refractivity contribution in [1.82, 2.24) is 9.88 Å². The summed E-state index contributed by atoms with van der Waals surface area (Å²) in [7, 11) is 0. The molecule has 2 aromatic heterocycles. The largest absolute Gasteiger partial charge is 0.467 e. The maximum atomic E-state index is 13.5. The normalized spacial score (nSPS) is 13.4. The number of carbonyl (C=O) groups is 1. The molecule has 0 saturated carbocycles. The minimum absolute atomic E-state index is 0.141. The summed E-state index contributed by atoms with van der Waals surface area (Å²) in [5.41, 5.74) is 6.34. The van der Waals surface area contributed by atoms with Crippen LogP contribution in [0.2, 0.25) is 0 Å². The second-order valence-corrected chi connectivity index (χ2v) is 8.21. The molecule has 5 rings (SSSR count). The Labute approximate surface area is 186 Å². The molecule has 1 N–H and O–H groups in total. The summed E-state index contributed by atoms with van der Waals surface area (Å²) >= 11 is 0. The van der Waals surface area contributed by atoms with Crippen LogP contribution in [-0.4, -0.2) is 10.5 Å². The number of furan rings is 1. The monoisotopic (exact) mass is 428 g/mol. The van der Waals surface area contributed by atoms with Crippen LogP contribution in [0.4, 0.5) is 4.39 Å². The van der Waals surface area contributed by atoms with Crippen molar-refractivity contribution in [2.24, 2.45) is 0 Å². The van der Waals surface area contributed by atoms with Gasteiger partial charge < -0.3 is 14.3 Å². The molecule has 0 spiro atoms. The van der Waals surface area contributed by atoms with Crippen molar-refractivity contribution in [3.63, 3.8) is 0 Å². The summed E-state index contributed by atoms with van der Waals surface area (Å²) in [6.07, 6.45) is 7.25. The number of rotatable bonds is 5. The van der Waals surface area contributed by atoms with E-state index in [1.54, 1.807) is 12.3 Å². The quantitative estimate of drug-likeness (QED) is 0.392. The Morgan fingerprint density at radius 2 is 1.75 bits per heavy atom. The van der Waals surface area contributed by atoms with E-state index in [0.29, 0.717) is 17.9 Å². The number of fused-ring (bicyclic) bond motifs is 1. The van der Waals surface area contributed by atoms with Gasteiger partial charge in [-0.25, -0.2) is 4.39 Å². The summed E-state index contributed by atoms with van der Waals surface area (Å²) in [6, 6.07) is 20.2. The molecule has 0 aliphatic heterocycles. The highest BCUT2D eigenvalue weighted by atomic mass is 19.1. The Hall–Kier alpha value is -3.60. The van der Waals surface area contributed by atoms with Gasteiger partial charge in [-0.15, -0.1) is 0 Å². The van der Waals surface area contributed by atoms with Crippen molar-refractivity contribution < 1.29 is 13.6 Å². The Morgan fingerprint density at radius 1 is 0.969 bits per heavy atom. The third-order valence-electron chi connectivity index (χ3n) is 6.08. The molecule has 32 heavy (non-hydrogen) atoms. The van der Waals surface area contributed by atoms with Gasteiger partial charge in [0.25, 0.3) is 5.91 Å². The van der Waals surface area contributed by atoms with Gasteiger partial charge in [0.1, 0.15) is 11.6 Å². The zero-order valence-electron chi connectivity index (χ0n) is 17.8. The van der Waals surface area contributed by atoms with Crippen LogP contribution in [0.1, 0.15) is 46.6 Å². The summed E-state index contributed by atoms with van der Waals surface area (Å²) in [5, 5.41) is 2.88. The first-order valence-electron chi connectivity index (χ1n) is 11.1. The van der Waals surface area contributed by atoms with Crippen LogP contribution in [0.25, 0.3) is 16.9 Å². The molecule has 162 valence electrons. The molecule has 0 unspecified atom stereocenters. The van der Waals surface area contributed by atoms with Crippen molar-refractivity contribution in [3.8, 4) is 16.9 Å². The number of nitrogens with one attached hydrogen (secondary N) is 1. The molecule has 0 atom stereocenters. The Bertz CT molecular complexity index is 1210. The second kappa shape index (κ2) is 8.87. The van der Waals surface area contributed by atoms with Crippen molar-refractivity contribution in [2.75, 3.05) is 0 Å². The minimum atomic E-state index is -0.238. The Kier molecular flexibility index (Phi) is 5.63. The van der Waals surface area contributed by atoms with Gasteiger partial charge in [0.15, 0.2) is 0 Å². The molecule has 5 heteroatoms. The highest BCUT2D eigenvalue weighted by Crippen LogP contribution is 2.33. The van der Waals surface area contributed by atoms with Gasteiger partial charge in [0.2, 0.25) is 0 Å². The molecule has 4 aromatic rings. The minimum Gasteiger partial charge on any atom is -0.467 e. The van der Waals surface area contributed by atoms with Crippen LogP contribution in [0.5, 0.6) is 0 Å². The van der Waals surface area contributed by atoms with E-state index in [1.165, 1.54) is 36.2 Å². The Morgan fingerprint density at radius 3 is 2.50 bits per heavy atom. The van der Waals surface area contributed by atoms with E-state index in [-0.39, 0.29) is 11.7 Å². The topological polar surface area (TPSA) is 47.2 Å². The van der Waals surface area contributed by atoms with Crippen molar-refractivity contribution in [3.05, 3.63) is 101 Å². The maximum Gasteiger partial charge on any atom is 0.251 e. The molecule has 2 heterocycles. The number of carbonyl (C=O) groups excluding carboxylic acids is 1. The summed E-state index contributed by atoms with van der Waals surface area (Å²) in [6.45, 7) is 0.355. The zero-order chi connectivity index (χ0) is 21.9. The van der Waals surface area contributed by atoms with Gasteiger partial charge in [-0.05, 0) is 104 Å². The van der Waals surface area contributed by atoms with Gasteiger partial charge >= 0.3 is 0 Å².